The van der Waals surface area contributed by atoms with Gasteiger partial charge in [0.25, 0.3) is 0 Å². The molecule has 2 rings (SSSR count). The van der Waals surface area contributed by atoms with E-state index in [1.54, 1.807) is 7.11 Å². The number of benzene rings is 1. The van der Waals surface area contributed by atoms with Gasteiger partial charge >= 0.3 is 0 Å². The molecule has 0 spiro atoms. The molecule has 0 aromatic heterocycles. The second kappa shape index (κ2) is 7.43. The zero-order valence-electron chi connectivity index (χ0n) is 12.5. The molecule has 1 aliphatic rings. The predicted molar refractivity (Wildman–Crippen MR) is 85.2 cm³/mol. The Morgan fingerprint density at radius 2 is 2.15 bits per heavy atom. The first-order valence-corrected chi connectivity index (χ1v) is 8.09. The zero-order valence-corrected chi connectivity index (χ0v) is 14.1. The van der Waals surface area contributed by atoms with Crippen LogP contribution in [0.15, 0.2) is 22.7 Å². The molecule has 0 heterocycles. The number of halogens is 1. The van der Waals surface area contributed by atoms with Crippen LogP contribution in [0.1, 0.15) is 37.8 Å². The summed E-state index contributed by atoms with van der Waals surface area (Å²) in [6.45, 7) is 2.89. The minimum Gasteiger partial charge on any atom is -0.496 e. The Balaban J connectivity index is 2.00. The molecule has 20 heavy (non-hydrogen) atoms. The monoisotopic (exact) mass is 341 g/mol. The topological polar surface area (TPSA) is 30.5 Å². The lowest BCUT2D eigenvalue weighted by atomic mass is 9.77. The van der Waals surface area contributed by atoms with Crippen LogP contribution in [0.25, 0.3) is 0 Å². The van der Waals surface area contributed by atoms with E-state index in [1.165, 1.54) is 18.4 Å². The van der Waals surface area contributed by atoms with Crippen molar-refractivity contribution in [2.45, 2.75) is 38.3 Å². The number of ether oxygens (including phenoxy) is 2. The van der Waals surface area contributed by atoms with E-state index in [4.69, 9.17) is 9.47 Å². The van der Waals surface area contributed by atoms with Crippen molar-refractivity contribution in [2.75, 3.05) is 20.8 Å². The lowest BCUT2D eigenvalue weighted by molar-refractivity contribution is -0.0290. The summed E-state index contributed by atoms with van der Waals surface area (Å²) in [6, 6.07) is 6.52. The second-order valence-corrected chi connectivity index (χ2v) is 6.29. The predicted octanol–water partition coefficient (Wildman–Crippen LogP) is 3.92. The van der Waals surface area contributed by atoms with Crippen molar-refractivity contribution in [3.05, 3.63) is 28.2 Å². The molecule has 1 N–H and O–H groups in total. The number of nitrogens with one attached hydrogen (secondary N) is 1. The second-order valence-electron chi connectivity index (χ2n) is 5.38. The van der Waals surface area contributed by atoms with E-state index in [2.05, 4.69) is 34.2 Å². The number of hydrogen-bond donors (Lipinski definition) is 1. The largest absolute Gasteiger partial charge is 0.496 e. The van der Waals surface area contributed by atoms with E-state index in [0.29, 0.717) is 12.1 Å². The quantitative estimate of drug-likeness (QED) is 0.815. The van der Waals surface area contributed by atoms with Crippen molar-refractivity contribution < 1.29 is 9.47 Å². The number of methoxy groups -OCH3 is 1. The molecular weight excluding hydrogens is 318 g/mol. The maximum Gasteiger partial charge on any atom is 0.123 e. The van der Waals surface area contributed by atoms with E-state index >= 15 is 0 Å². The summed E-state index contributed by atoms with van der Waals surface area (Å²) in [4.78, 5) is 0. The minimum absolute atomic E-state index is 0.329. The Morgan fingerprint density at radius 1 is 1.40 bits per heavy atom. The molecule has 0 saturated heterocycles. The van der Waals surface area contributed by atoms with Gasteiger partial charge in [0, 0.05) is 22.7 Å². The molecule has 4 heteroatoms. The first-order chi connectivity index (χ1) is 9.67. The van der Waals surface area contributed by atoms with E-state index in [9.17, 15) is 0 Å². The average molecular weight is 342 g/mol. The van der Waals surface area contributed by atoms with Crippen LogP contribution in [0.5, 0.6) is 5.75 Å². The molecule has 0 bridgehead atoms. The number of hydrogen-bond acceptors (Lipinski definition) is 3. The van der Waals surface area contributed by atoms with Crippen LogP contribution >= 0.6 is 15.9 Å². The van der Waals surface area contributed by atoms with Gasteiger partial charge < -0.3 is 14.8 Å². The van der Waals surface area contributed by atoms with Crippen LogP contribution in [0.4, 0.5) is 0 Å². The first kappa shape index (κ1) is 15.8. The third kappa shape index (κ3) is 3.74. The molecule has 1 atom stereocenters. The maximum absolute atomic E-state index is 5.64. The summed E-state index contributed by atoms with van der Waals surface area (Å²) in [5.41, 5.74) is 1.23. The third-order valence-electron chi connectivity index (χ3n) is 4.08. The lowest BCUT2D eigenvalue weighted by Gasteiger charge is -2.37. The van der Waals surface area contributed by atoms with E-state index in [0.717, 1.165) is 29.2 Å². The van der Waals surface area contributed by atoms with Crippen LogP contribution in [0.2, 0.25) is 0 Å². The van der Waals surface area contributed by atoms with Gasteiger partial charge in [-0.3, -0.25) is 0 Å². The van der Waals surface area contributed by atoms with Gasteiger partial charge in [0.15, 0.2) is 0 Å². The molecule has 1 aliphatic carbocycles. The molecule has 1 fully saturated rings. The molecule has 1 unspecified atom stereocenters. The van der Waals surface area contributed by atoms with Crippen LogP contribution in [-0.4, -0.2) is 26.9 Å². The highest BCUT2D eigenvalue weighted by Crippen LogP contribution is 2.39. The summed E-state index contributed by atoms with van der Waals surface area (Å²) >= 11 is 3.55. The Morgan fingerprint density at radius 3 is 2.75 bits per heavy atom. The Bertz CT molecular complexity index is 432. The summed E-state index contributed by atoms with van der Waals surface area (Å²) in [7, 11) is 3.75. The van der Waals surface area contributed by atoms with E-state index in [1.807, 2.05) is 19.2 Å². The van der Waals surface area contributed by atoms with E-state index in [-0.39, 0.29) is 0 Å². The molecular formula is C16H24BrNO2. The summed E-state index contributed by atoms with van der Waals surface area (Å²) < 4.78 is 12.2. The normalized spacial score (nSPS) is 23.2. The summed E-state index contributed by atoms with van der Waals surface area (Å²) in [5, 5.41) is 3.42. The molecule has 1 saturated carbocycles. The summed E-state index contributed by atoms with van der Waals surface area (Å²) in [5.74, 6) is 1.70. The molecule has 0 radical (unpaired) electrons. The molecule has 0 amide bonds. The minimum atomic E-state index is 0.329. The van der Waals surface area contributed by atoms with Gasteiger partial charge in [-0.25, -0.2) is 0 Å². The van der Waals surface area contributed by atoms with Crippen molar-refractivity contribution in [2.24, 2.45) is 5.92 Å². The van der Waals surface area contributed by atoms with Gasteiger partial charge in [-0.15, -0.1) is 0 Å². The number of rotatable bonds is 7. The highest BCUT2D eigenvalue weighted by molar-refractivity contribution is 9.10. The Labute approximate surface area is 130 Å². The average Bonchev–Trinajstić information content (AvgIpc) is 2.41. The fourth-order valence-electron chi connectivity index (χ4n) is 2.95. The van der Waals surface area contributed by atoms with Crippen molar-refractivity contribution in [1.82, 2.24) is 5.32 Å². The highest BCUT2D eigenvalue weighted by atomic mass is 79.9. The van der Waals surface area contributed by atoms with E-state index < -0.39 is 0 Å². The molecule has 0 aliphatic heterocycles. The van der Waals surface area contributed by atoms with Crippen LogP contribution < -0.4 is 10.1 Å². The summed E-state index contributed by atoms with van der Waals surface area (Å²) in [6.07, 6.45) is 3.98. The molecule has 112 valence electrons. The van der Waals surface area contributed by atoms with Gasteiger partial charge in [0.2, 0.25) is 0 Å². The SMILES string of the molecule is CCOC1CC(CC(NC)c2cc(Br)ccc2OC)C1. The Hall–Kier alpha value is -0.580. The highest BCUT2D eigenvalue weighted by Gasteiger charge is 2.32. The molecule has 1 aromatic rings. The first-order valence-electron chi connectivity index (χ1n) is 7.30. The van der Waals surface area contributed by atoms with Crippen LogP contribution in [0.3, 0.4) is 0 Å². The van der Waals surface area contributed by atoms with Crippen LogP contribution in [0, 0.1) is 5.92 Å². The van der Waals surface area contributed by atoms with Gasteiger partial charge in [-0.05, 0) is 57.4 Å². The van der Waals surface area contributed by atoms with Crippen molar-refractivity contribution in [3.63, 3.8) is 0 Å². The lowest BCUT2D eigenvalue weighted by Crippen LogP contribution is -2.34. The maximum atomic E-state index is 5.64. The van der Waals surface area contributed by atoms with Crippen molar-refractivity contribution in [1.29, 1.82) is 0 Å². The Kier molecular flexibility index (Phi) is 5.87. The van der Waals surface area contributed by atoms with Gasteiger partial charge in [-0.1, -0.05) is 15.9 Å². The van der Waals surface area contributed by atoms with Crippen molar-refractivity contribution >= 4 is 15.9 Å². The molecule has 1 aromatic carbocycles. The molecule has 3 nitrogen and oxygen atoms in total. The zero-order chi connectivity index (χ0) is 14.5. The fourth-order valence-corrected chi connectivity index (χ4v) is 3.33. The standard InChI is InChI=1S/C16H24BrNO2/c1-4-20-13-7-11(8-13)9-15(18-2)14-10-12(17)5-6-16(14)19-3/h5-6,10-11,13,15,18H,4,7-9H2,1-3H3. The van der Waals surface area contributed by atoms with Gasteiger partial charge in [0.1, 0.15) is 5.75 Å². The van der Waals surface area contributed by atoms with Crippen LogP contribution in [-0.2, 0) is 4.74 Å². The third-order valence-corrected chi connectivity index (χ3v) is 4.57. The fraction of sp³-hybridized carbons (Fsp3) is 0.625. The van der Waals surface area contributed by atoms with Crippen molar-refractivity contribution in [3.8, 4) is 5.75 Å². The van der Waals surface area contributed by atoms with Gasteiger partial charge in [0.05, 0.1) is 13.2 Å². The smallest absolute Gasteiger partial charge is 0.123 e. The van der Waals surface area contributed by atoms with Gasteiger partial charge in [-0.2, -0.15) is 0 Å².